The maximum absolute atomic E-state index is 12.8. The van der Waals surface area contributed by atoms with E-state index in [2.05, 4.69) is 98.9 Å². The average molecular weight is 1270 g/mol. The standard InChI is InChI=1S/C79H144NO8P/c1-3-5-7-9-11-13-15-17-19-21-23-25-27-29-31-32-33-34-35-36-37-38-39-40-41-42-43-44-46-48-50-52-54-56-58-60-62-64-66-68-70-72-79(82)88-77(76-87-89(83,84)86-74-73-80)75-85-78(81)71-69-67-65-63-61-59-57-55-53-51-49-47-45-30-28-26-24-22-20-18-16-14-12-10-8-6-4-2/h5,7,11,13,17,19,23,25,29,31,33-34,36-37,77H,3-4,6,8-10,12,14-16,18,20-22,24,26-28,30,32,35,38-76,80H2,1-2H3,(H,83,84)/b7-5-,13-11-,19-17-,25-23-,31-29-,34-33-,37-36-. The summed E-state index contributed by atoms with van der Waals surface area (Å²) >= 11 is 0. The molecule has 89 heavy (non-hydrogen) atoms. The maximum atomic E-state index is 12.8. The zero-order chi connectivity index (χ0) is 64.4. The molecule has 0 aliphatic heterocycles. The molecule has 0 aromatic heterocycles. The minimum atomic E-state index is -4.39. The van der Waals surface area contributed by atoms with Gasteiger partial charge in [0.15, 0.2) is 6.10 Å². The molecule has 3 N–H and O–H groups in total. The first-order chi connectivity index (χ1) is 43.8. The van der Waals surface area contributed by atoms with Gasteiger partial charge in [0, 0.05) is 19.4 Å². The first-order valence-electron chi connectivity index (χ1n) is 38.1. The van der Waals surface area contributed by atoms with Crippen molar-refractivity contribution in [2.24, 2.45) is 5.73 Å². The van der Waals surface area contributed by atoms with Crippen LogP contribution in [0.1, 0.15) is 373 Å². The lowest BCUT2D eigenvalue weighted by molar-refractivity contribution is -0.161. The Balaban J connectivity index is 3.80. The molecular weight excluding hydrogens is 1120 g/mol. The molecule has 0 aromatic carbocycles. The van der Waals surface area contributed by atoms with Crippen LogP contribution in [0.4, 0.5) is 0 Å². The smallest absolute Gasteiger partial charge is 0.462 e. The Hall–Kier alpha value is -2.81. The first-order valence-corrected chi connectivity index (χ1v) is 39.6. The highest BCUT2D eigenvalue weighted by Gasteiger charge is 2.26. The van der Waals surface area contributed by atoms with Gasteiger partial charge in [0.2, 0.25) is 0 Å². The van der Waals surface area contributed by atoms with Crippen LogP contribution >= 0.6 is 7.82 Å². The van der Waals surface area contributed by atoms with Crippen LogP contribution in [0, 0.1) is 0 Å². The summed E-state index contributed by atoms with van der Waals surface area (Å²) in [6.45, 7) is 3.70. The van der Waals surface area contributed by atoms with E-state index in [9.17, 15) is 19.0 Å². The van der Waals surface area contributed by atoms with Crippen molar-refractivity contribution in [1.82, 2.24) is 0 Å². The van der Waals surface area contributed by atoms with Crippen molar-refractivity contribution in [1.29, 1.82) is 0 Å². The monoisotopic (exact) mass is 1270 g/mol. The predicted octanol–water partition coefficient (Wildman–Crippen LogP) is 25.3. The second-order valence-electron chi connectivity index (χ2n) is 25.5. The molecule has 0 aliphatic rings. The molecule has 2 unspecified atom stereocenters. The number of nitrogens with two attached hydrogens (primary N) is 1. The third-order valence-electron chi connectivity index (χ3n) is 16.8. The number of unbranched alkanes of at least 4 members (excludes halogenated alkanes) is 45. The predicted molar refractivity (Wildman–Crippen MR) is 386 cm³/mol. The molecule has 2 atom stereocenters. The second kappa shape index (κ2) is 74.2. The van der Waals surface area contributed by atoms with Gasteiger partial charge in [0.05, 0.1) is 13.2 Å². The summed E-state index contributed by atoms with van der Waals surface area (Å²) in [5, 5.41) is 0. The lowest BCUT2D eigenvalue weighted by Gasteiger charge is -2.19. The maximum Gasteiger partial charge on any atom is 0.472 e. The molecular formula is C79H144NO8P. The van der Waals surface area contributed by atoms with Gasteiger partial charge in [-0.25, -0.2) is 4.57 Å². The fourth-order valence-corrected chi connectivity index (χ4v) is 12.0. The third kappa shape index (κ3) is 74.1. The Labute approximate surface area is 551 Å². The molecule has 0 spiro atoms. The van der Waals surface area contributed by atoms with E-state index in [1.165, 1.54) is 263 Å². The Bertz CT molecular complexity index is 1740. The molecule has 518 valence electrons. The van der Waals surface area contributed by atoms with Crippen molar-refractivity contribution >= 4 is 19.8 Å². The van der Waals surface area contributed by atoms with Crippen LogP contribution in [0.15, 0.2) is 85.1 Å². The summed E-state index contributed by atoms with van der Waals surface area (Å²) in [7, 11) is -4.39. The van der Waals surface area contributed by atoms with E-state index in [4.69, 9.17) is 24.3 Å². The summed E-state index contributed by atoms with van der Waals surface area (Å²) in [6, 6.07) is 0. The fraction of sp³-hybridized carbons (Fsp3) is 0.797. The number of phosphoric acid groups is 1. The Kier molecular flexibility index (Phi) is 71.9. The van der Waals surface area contributed by atoms with Gasteiger partial charge >= 0.3 is 19.8 Å². The van der Waals surface area contributed by atoms with Crippen molar-refractivity contribution < 1.29 is 37.6 Å². The van der Waals surface area contributed by atoms with E-state index >= 15 is 0 Å². The van der Waals surface area contributed by atoms with Crippen LogP contribution in [0.25, 0.3) is 0 Å². The second-order valence-corrected chi connectivity index (χ2v) is 27.0. The number of allylic oxidation sites excluding steroid dienone is 14. The SMILES string of the molecule is CC/C=C\C/C=C\C/C=C\C/C=C\C/C=C\C/C=C\C/C=C\CCCCCCCCCCCCCCCCCCCCCC(=O)OC(COC(=O)CCCCCCCCCCCCCCCCCCCCCCCCCCCCC)COP(=O)(O)OCCN. The summed E-state index contributed by atoms with van der Waals surface area (Å²) in [5.41, 5.74) is 5.41. The normalized spacial score (nSPS) is 13.3. The van der Waals surface area contributed by atoms with Gasteiger partial charge in [-0.2, -0.15) is 0 Å². The number of ether oxygens (including phenoxy) is 2. The molecule has 0 aromatic rings. The van der Waals surface area contributed by atoms with Crippen molar-refractivity contribution in [3.8, 4) is 0 Å². The van der Waals surface area contributed by atoms with Crippen molar-refractivity contribution in [2.75, 3.05) is 26.4 Å². The molecule has 0 fully saturated rings. The van der Waals surface area contributed by atoms with E-state index in [-0.39, 0.29) is 38.6 Å². The van der Waals surface area contributed by atoms with Crippen LogP contribution in [-0.4, -0.2) is 49.3 Å². The van der Waals surface area contributed by atoms with E-state index in [0.717, 1.165) is 77.0 Å². The summed E-state index contributed by atoms with van der Waals surface area (Å²) in [5.74, 6) is -0.807. The Morgan fingerprint density at radius 3 is 0.921 bits per heavy atom. The van der Waals surface area contributed by atoms with E-state index in [1.54, 1.807) is 0 Å². The third-order valence-corrected chi connectivity index (χ3v) is 17.8. The number of phosphoric ester groups is 1. The van der Waals surface area contributed by atoms with Gasteiger partial charge in [-0.15, -0.1) is 0 Å². The van der Waals surface area contributed by atoms with Crippen molar-refractivity contribution in [3.63, 3.8) is 0 Å². The molecule has 0 aliphatic carbocycles. The molecule has 0 amide bonds. The molecule has 0 saturated carbocycles. The Morgan fingerprint density at radius 2 is 0.618 bits per heavy atom. The van der Waals surface area contributed by atoms with E-state index < -0.39 is 26.5 Å². The highest BCUT2D eigenvalue weighted by Crippen LogP contribution is 2.43. The number of rotatable bonds is 72. The molecule has 9 nitrogen and oxygen atoms in total. The highest BCUT2D eigenvalue weighted by molar-refractivity contribution is 7.47. The van der Waals surface area contributed by atoms with Crippen LogP contribution in [0.5, 0.6) is 0 Å². The van der Waals surface area contributed by atoms with Crippen LogP contribution in [-0.2, 0) is 32.7 Å². The highest BCUT2D eigenvalue weighted by atomic mass is 31.2. The summed E-state index contributed by atoms with van der Waals surface area (Å²) in [4.78, 5) is 35.4. The van der Waals surface area contributed by atoms with Crippen molar-refractivity contribution in [2.45, 2.75) is 380 Å². The van der Waals surface area contributed by atoms with Gasteiger partial charge in [0.1, 0.15) is 6.61 Å². The molecule has 0 saturated heterocycles. The van der Waals surface area contributed by atoms with Crippen LogP contribution in [0.2, 0.25) is 0 Å². The number of hydrogen-bond donors (Lipinski definition) is 2. The van der Waals surface area contributed by atoms with Crippen molar-refractivity contribution in [3.05, 3.63) is 85.1 Å². The fourth-order valence-electron chi connectivity index (χ4n) is 11.2. The summed E-state index contributed by atoms with van der Waals surface area (Å²) in [6.07, 6.45) is 99.9. The topological polar surface area (TPSA) is 134 Å². The first kappa shape index (κ1) is 86.2. The minimum absolute atomic E-state index is 0.0544. The lowest BCUT2D eigenvalue weighted by Crippen LogP contribution is -2.29. The van der Waals surface area contributed by atoms with Gasteiger partial charge in [-0.3, -0.25) is 18.6 Å². The molecule has 10 heteroatoms. The summed E-state index contributed by atoms with van der Waals surface area (Å²) < 4.78 is 33.2. The van der Waals surface area contributed by atoms with E-state index in [0.29, 0.717) is 6.42 Å². The van der Waals surface area contributed by atoms with Gasteiger partial charge < -0.3 is 20.1 Å². The zero-order valence-electron chi connectivity index (χ0n) is 58.4. The number of carbonyl (C=O) groups excluding carboxylic acids is 2. The average Bonchev–Trinajstić information content (AvgIpc) is 3.58. The van der Waals surface area contributed by atoms with Crippen LogP contribution < -0.4 is 5.73 Å². The number of hydrogen-bond acceptors (Lipinski definition) is 8. The molecule has 0 bridgehead atoms. The molecule has 0 heterocycles. The molecule has 0 rings (SSSR count). The van der Waals surface area contributed by atoms with Gasteiger partial charge in [0.25, 0.3) is 0 Å². The number of carbonyl (C=O) groups is 2. The zero-order valence-corrected chi connectivity index (χ0v) is 59.3. The minimum Gasteiger partial charge on any atom is -0.462 e. The lowest BCUT2D eigenvalue weighted by atomic mass is 10.0. The van der Waals surface area contributed by atoms with Gasteiger partial charge in [-0.05, 0) is 70.6 Å². The largest absolute Gasteiger partial charge is 0.472 e. The van der Waals surface area contributed by atoms with Gasteiger partial charge in [-0.1, -0.05) is 375 Å². The quantitative estimate of drug-likeness (QED) is 0.0264. The molecule has 0 radical (unpaired) electrons. The van der Waals surface area contributed by atoms with Crippen LogP contribution in [0.3, 0.4) is 0 Å². The van der Waals surface area contributed by atoms with E-state index in [1.807, 2.05) is 0 Å². The number of esters is 2. The Morgan fingerprint density at radius 1 is 0.348 bits per heavy atom.